The fourth-order valence-electron chi connectivity index (χ4n) is 9.13. The third-order valence-electron chi connectivity index (χ3n) is 13.0. The summed E-state index contributed by atoms with van der Waals surface area (Å²) in [5, 5.41) is 10.5. The van der Waals surface area contributed by atoms with E-state index in [-0.39, 0.29) is 41.0 Å². The van der Waals surface area contributed by atoms with Crippen LogP contribution in [0.4, 0.5) is 17.3 Å². The number of hydrogen-bond donors (Lipinski definition) is 4. The molecule has 0 unspecified atom stereocenters. The summed E-state index contributed by atoms with van der Waals surface area (Å²) in [5.41, 5.74) is 12.6. The maximum Gasteiger partial charge on any atom is 0.269 e. The summed E-state index contributed by atoms with van der Waals surface area (Å²) >= 11 is 5.44. The normalized spacial score (nSPS) is 20.1. The number of fused-ring (bicyclic) bond motifs is 2. The molecule has 4 aromatic heterocycles. The van der Waals surface area contributed by atoms with Crippen LogP contribution in [0, 0.1) is 13.8 Å². The summed E-state index contributed by atoms with van der Waals surface area (Å²) in [7, 11) is 3.12. The van der Waals surface area contributed by atoms with Crippen LogP contribution in [-0.4, -0.2) is 143 Å². The first-order valence-electron chi connectivity index (χ1n) is 24.3. The molecular weight excluding hydrogens is 928 g/mol. The number of carbonyl (C=O) groups excluding carboxylic acids is 2. The van der Waals surface area contributed by atoms with E-state index in [1.807, 2.05) is 13.8 Å². The number of anilines is 3. The Morgan fingerprint density at radius 2 is 1.10 bits per heavy atom. The highest BCUT2D eigenvalue weighted by Gasteiger charge is 2.26. The molecule has 4 fully saturated rings. The van der Waals surface area contributed by atoms with Gasteiger partial charge in [0.1, 0.15) is 35.5 Å². The van der Waals surface area contributed by atoms with Gasteiger partial charge in [-0.2, -0.15) is 0 Å². The van der Waals surface area contributed by atoms with E-state index in [1.165, 1.54) is 19.3 Å². The topological polar surface area (TPSA) is 243 Å². The highest BCUT2D eigenvalue weighted by molar-refractivity contribution is 6.28. The summed E-state index contributed by atoms with van der Waals surface area (Å²) < 4.78 is 24.0. The zero-order chi connectivity index (χ0) is 49.7. The van der Waals surface area contributed by atoms with Crippen LogP contribution >= 0.6 is 11.6 Å². The van der Waals surface area contributed by atoms with Gasteiger partial charge in [-0.1, -0.05) is 0 Å². The van der Waals surface area contributed by atoms with Gasteiger partial charge in [0.05, 0.1) is 71.8 Å². The Morgan fingerprint density at radius 1 is 0.634 bits per heavy atom. The summed E-state index contributed by atoms with van der Waals surface area (Å²) in [4.78, 5) is 61.1. The van der Waals surface area contributed by atoms with Gasteiger partial charge in [-0.05, 0) is 101 Å². The fraction of sp³-hybridized carbons (Fsp3) is 0.480. The van der Waals surface area contributed by atoms with Gasteiger partial charge in [0.15, 0.2) is 0 Å². The Labute approximate surface area is 418 Å². The third kappa shape index (κ3) is 13.4. The van der Waals surface area contributed by atoms with Crippen molar-refractivity contribution < 1.29 is 28.5 Å². The van der Waals surface area contributed by atoms with Crippen LogP contribution in [0.3, 0.4) is 0 Å². The lowest BCUT2D eigenvalue weighted by Gasteiger charge is -2.31. The molecule has 2 aromatic carbocycles. The summed E-state index contributed by atoms with van der Waals surface area (Å²) in [5.74, 6) is 1.73. The van der Waals surface area contributed by atoms with Gasteiger partial charge in [-0.15, -0.1) is 0 Å². The summed E-state index contributed by atoms with van der Waals surface area (Å²) in [6, 6.07) is 12.2. The average molecular weight is 992 g/mol. The molecule has 71 heavy (non-hydrogen) atoms. The van der Waals surface area contributed by atoms with Crippen LogP contribution < -0.4 is 41.0 Å². The number of amides is 2. The Morgan fingerprint density at radius 3 is 1.58 bits per heavy atom. The number of halogens is 1. The molecule has 2 amide bonds. The van der Waals surface area contributed by atoms with Gasteiger partial charge in [0.2, 0.25) is 11.2 Å². The van der Waals surface area contributed by atoms with E-state index in [1.54, 1.807) is 32.0 Å². The molecule has 6 aromatic rings. The van der Waals surface area contributed by atoms with Crippen LogP contribution in [-0.2, 0) is 9.47 Å². The fourth-order valence-corrected chi connectivity index (χ4v) is 9.28. The number of nitrogens with one attached hydrogen (secondary N) is 3. The molecular formula is C50H63ClN14O6. The molecule has 0 atom stereocenters. The largest absolute Gasteiger partial charge is 0.490 e. The first-order chi connectivity index (χ1) is 34.5. The first kappa shape index (κ1) is 50.8. The number of nitrogens with zero attached hydrogens (tertiary/aromatic N) is 10. The minimum Gasteiger partial charge on any atom is -0.490 e. The quantitative estimate of drug-likeness (QED) is 0.121. The van der Waals surface area contributed by atoms with Crippen molar-refractivity contribution in [3.05, 3.63) is 89.5 Å². The SMILES string of the molecule is CNC(=O)c1ccnc(Cl)n1.CNC(=O)c1ccnc(NC2CCC(Oc3cc(N4CCOCC4)cc4ncnc(C)c34)CC2)n1.Cc1ncnc2cc(N3CCOCC3)cc(OC3CCC(N)CC3)c12. The lowest BCUT2D eigenvalue weighted by molar-refractivity contribution is 0.0950. The summed E-state index contributed by atoms with van der Waals surface area (Å²) in [6.45, 7) is 10.5. The number of aryl methyl sites for hydroxylation is 2. The molecule has 6 heterocycles. The molecule has 0 spiro atoms. The molecule has 0 bridgehead atoms. The molecule has 10 rings (SSSR count). The van der Waals surface area contributed by atoms with Crippen molar-refractivity contribution in [2.45, 2.75) is 89.5 Å². The van der Waals surface area contributed by atoms with Gasteiger partial charge in [0, 0.05) is 88.3 Å². The number of aromatic nitrogens is 8. The molecule has 2 aliphatic carbocycles. The predicted octanol–water partition coefficient (Wildman–Crippen LogP) is 5.64. The van der Waals surface area contributed by atoms with E-state index >= 15 is 0 Å². The smallest absolute Gasteiger partial charge is 0.269 e. The van der Waals surface area contributed by atoms with E-state index < -0.39 is 0 Å². The van der Waals surface area contributed by atoms with Gasteiger partial charge in [0.25, 0.3) is 11.8 Å². The van der Waals surface area contributed by atoms with Crippen LogP contribution in [0.1, 0.15) is 83.7 Å². The average Bonchev–Trinajstić information content (AvgIpc) is 3.40. The Bertz CT molecular complexity index is 2740. The van der Waals surface area contributed by atoms with E-state index in [0.29, 0.717) is 17.7 Å². The number of rotatable bonds is 10. The Kier molecular flexibility index (Phi) is 17.5. The van der Waals surface area contributed by atoms with E-state index in [2.05, 4.69) is 89.9 Å². The van der Waals surface area contributed by atoms with Crippen molar-refractivity contribution in [1.82, 2.24) is 50.5 Å². The zero-order valence-corrected chi connectivity index (χ0v) is 41.5. The third-order valence-corrected chi connectivity index (χ3v) is 13.2. The van der Waals surface area contributed by atoms with Crippen LogP contribution in [0.5, 0.6) is 11.5 Å². The lowest BCUT2D eigenvalue weighted by atomic mass is 9.93. The predicted molar refractivity (Wildman–Crippen MR) is 272 cm³/mol. The maximum absolute atomic E-state index is 11.9. The minimum absolute atomic E-state index is 0.0751. The monoisotopic (exact) mass is 990 g/mol. The van der Waals surface area contributed by atoms with Crippen molar-refractivity contribution >= 4 is 62.5 Å². The molecule has 21 heteroatoms. The molecule has 2 aliphatic heterocycles. The van der Waals surface area contributed by atoms with Crippen LogP contribution in [0.25, 0.3) is 21.8 Å². The molecule has 4 aliphatic rings. The number of ether oxygens (including phenoxy) is 4. The first-order valence-corrected chi connectivity index (χ1v) is 24.7. The van der Waals surface area contributed by atoms with E-state index in [9.17, 15) is 9.59 Å². The molecule has 2 saturated heterocycles. The second kappa shape index (κ2) is 24.5. The highest BCUT2D eigenvalue weighted by Crippen LogP contribution is 2.37. The second-order valence-electron chi connectivity index (χ2n) is 17.8. The summed E-state index contributed by atoms with van der Waals surface area (Å²) in [6.07, 6.45) is 14.3. The van der Waals surface area contributed by atoms with Crippen LogP contribution in [0.15, 0.2) is 61.4 Å². The van der Waals surface area contributed by atoms with Gasteiger partial charge >= 0.3 is 0 Å². The highest BCUT2D eigenvalue weighted by atomic mass is 35.5. The minimum atomic E-state index is -0.269. The van der Waals surface area contributed by atoms with Gasteiger partial charge < -0.3 is 50.4 Å². The molecule has 5 N–H and O–H groups in total. The molecule has 20 nitrogen and oxygen atoms in total. The number of morpholine rings is 2. The molecule has 376 valence electrons. The van der Waals surface area contributed by atoms with Crippen molar-refractivity contribution in [2.75, 3.05) is 81.8 Å². The number of benzene rings is 2. The number of nitrogens with two attached hydrogens (primary N) is 1. The van der Waals surface area contributed by atoms with Crippen molar-refractivity contribution in [3.8, 4) is 11.5 Å². The van der Waals surface area contributed by atoms with Crippen molar-refractivity contribution in [1.29, 1.82) is 0 Å². The number of hydrogen-bond acceptors (Lipinski definition) is 18. The Balaban J connectivity index is 0.000000163. The maximum atomic E-state index is 11.9. The van der Waals surface area contributed by atoms with Gasteiger partial charge in [-0.25, -0.2) is 39.9 Å². The van der Waals surface area contributed by atoms with Crippen molar-refractivity contribution in [3.63, 3.8) is 0 Å². The van der Waals surface area contributed by atoms with E-state index in [4.69, 9.17) is 36.3 Å². The Hall–Kier alpha value is -6.61. The number of carbonyl (C=O) groups is 2. The van der Waals surface area contributed by atoms with Crippen LogP contribution in [0.2, 0.25) is 5.28 Å². The van der Waals surface area contributed by atoms with E-state index in [0.717, 1.165) is 160 Å². The van der Waals surface area contributed by atoms with Gasteiger partial charge in [-0.3, -0.25) is 9.59 Å². The zero-order valence-electron chi connectivity index (χ0n) is 40.8. The lowest BCUT2D eigenvalue weighted by Crippen LogP contribution is -2.36. The second-order valence-corrected chi connectivity index (χ2v) is 18.2. The molecule has 0 radical (unpaired) electrons. The van der Waals surface area contributed by atoms with Crippen molar-refractivity contribution in [2.24, 2.45) is 5.73 Å². The standard InChI is InChI=1S/C25H31N7O3.C19H26N4O2.C6H6ClN3O/c1-16-23-21(29-15-28-16)13-18(32-9-11-34-12-10-32)14-22(23)35-19-5-3-17(4-6-19)30-25-27-8-7-20(31-25)24(33)26-2;1-13-19-17(22-12-21-13)10-15(23-6-8-24-9-7-23)11-18(19)25-16-4-2-14(20)3-5-16;1-8-5(11)4-2-3-9-6(7)10-4/h7-8,13-15,17,19H,3-6,9-12H2,1-2H3,(H,26,33)(H,27,30,31);10-12,14,16H,2-9,20H2,1H3;2-3H,1H3,(H,8,11). The molecule has 2 saturated carbocycles.